The molecule has 0 radical (unpaired) electrons. The number of pyridine rings is 1. The van der Waals surface area contributed by atoms with E-state index in [0.717, 1.165) is 27.6 Å². The van der Waals surface area contributed by atoms with E-state index >= 15 is 0 Å². The van der Waals surface area contributed by atoms with Gasteiger partial charge in [-0.15, -0.1) is 12.4 Å². The minimum absolute atomic E-state index is 0. The van der Waals surface area contributed by atoms with E-state index < -0.39 is 6.55 Å². The van der Waals surface area contributed by atoms with Gasteiger partial charge in [0, 0.05) is 29.9 Å². The van der Waals surface area contributed by atoms with E-state index in [9.17, 15) is 13.6 Å². The molecule has 4 aromatic rings. The summed E-state index contributed by atoms with van der Waals surface area (Å²) >= 11 is 0. The summed E-state index contributed by atoms with van der Waals surface area (Å²) < 4.78 is 35.9. The third kappa shape index (κ3) is 4.01. The molecule has 0 aliphatic carbocycles. The maximum Gasteiger partial charge on any atom is 0.319 e. The van der Waals surface area contributed by atoms with E-state index in [0.29, 0.717) is 42.2 Å². The van der Waals surface area contributed by atoms with Crippen LogP contribution in [0, 0.1) is 0 Å². The molecule has 0 bridgehead atoms. The quantitative estimate of drug-likeness (QED) is 0.467. The van der Waals surface area contributed by atoms with E-state index in [4.69, 9.17) is 4.74 Å². The predicted octanol–water partition coefficient (Wildman–Crippen LogP) is 4.83. The largest absolute Gasteiger partial charge is 0.489 e. The summed E-state index contributed by atoms with van der Waals surface area (Å²) in [5.74, 6) is 0.462. The first-order valence-corrected chi connectivity index (χ1v) is 10.2. The lowest BCUT2D eigenvalue weighted by Crippen LogP contribution is -2.25. The summed E-state index contributed by atoms with van der Waals surface area (Å²) in [4.78, 5) is 12.7. The van der Waals surface area contributed by atoms with Gasteiger partial charge >= 0.3 is 6.55 Å². The number of aromatic nitrogens is 2. The van der Waals surface area contributed by atoms with Gasteiger partial charge < -0.3 is 10.1 Å². The van der Waals surface area contributed by atoms with Crippen molar-refractivity contribution < 1.29 is 13.5 Å². The fourth-order valence-corrected chi connectivity index (χ4v) is 4.19. The van der Waals surface area contributed by atoms with Crippen LogP contribution >= 0.6 is 12.4 Å². The molecule has 0 saturated carbocycles. The fraction of sp³-hybridized carbons (Fsp3) is 0.208. The zero-order valence-electron chi connectivity index (χ0n) is 17.1. The van der Waals surface area contributed by atoms with Crippen LogP contribution in [0.3, 0.4) is 0 Å². The minimum atomic E-state index is -2.65. The number of hydrogen-bond donors (Lipinski definition) is 1. The first-order valence-electron chi connectivity index (χ1n) is 10.2. The molecule has 5 nitrogen and oxygen atoms in total. The lowest BCUT2D eigenvalue weighted by atomic mass is 10.0. The van der Waals surface area contributed by atoms with E-state index in [1.54, 1.807) is 24.4 Å². The summed E-state index contributed by atoms with van der Waals surface area (Å²) in [5, 5.41) is 3.98. The normalized spacial score (nSPS) is 13.1. The number of alkyl halides is 2. The summed E-state index contributed by atoms with van der Waals surface area (Å²) in [7, 11) is 0. The molecular weight excluding hydrogens is 436 g/mol. The van der Waals surface area contributed by atoms with Crippen LogP contribution in [0.4, 0.5) is 8.78 Å². The Morgan fingerprint density at radius 1 is 1.06 bits per heavy atom. The number of benzene rings is 2. The Balaban J connectivity index is 0.00000245. The van der Waals surface area contributed by atoms with Gasteiger partial charge in [-0.3, -0.25) is 13.9 Å². The monoisotopic (exact) mass is 457 g/mol. The number of fused-ring (bicyclic) bond motifs is 3. The van der Waals surface area contributed by atoms with Crippen LogP contribution in [-0.4, -0.2) is 15.7 Å². The molecule has 32 heavy (non-hydrogen) atoms. The molecular formula is C24H22ClF2N3O2. The van der Waals surface area contributed by atoms with Crippen molar-refractivity contribution in [2.45, 2.75) is 26.1 Å². The zero-order chi connectivity index (χ0) is 21.4. The second-order valence-electron chi connectivity index (χ2n) is 7.55. The van der Waals surface area contributed by atoms with E-state index in [1.165, 1.54) is 10.6 Å². The van der Waals surface area contributed by atoms with Crippen molar-refractivity contribution >= 4 is 23.3 Å². The van der Waals surface area contributed by atoms with Gasteiger partial charge in [0.2, 0.25) is 0 Å². The molecule has 166 valence electrons. The molecule has 0 amide bonds. The topological polar surface area (TPSA) is 48.2 Å². The number of ether oxygens (including phenoxy) is 1. The van der Waals surface area contributed by atoms with Gasteiger partial charge in [-0.1, -0.05) is 36.4 Å². The van der Waals surface area contributed by atoms with E-state index in [1.807, 2.05) is 36.4 Å². The van der Waals surface area contributed by atoms with Crippen molar-refractivity contribution in [2.75, 3.05) is 6.54 Å². The Morgan fingerprint density at radius 2 is 1.88 bits per heavy atom. The number of nitrogens with zero attached hydrogens (tertiary/aromatic N) is 2. The number of nitrogens with one attached hydrogen (secondary N) is 1. The van der Waals surface area contributed by atoms with Crippen molar-refractivity contribution in [3.05, 3.63) is 94.0 Å². The van der Waals surface area contributed by atoms with Crippen LogP contribution in [-0.2, 0) is 19.6 Å². The summed E-state index contributed by atoms with van der Waals surface area (Å²) in [6.45, 7) is -1.11. The summed E-state index contributed by atoms with van der Waals surface area (Å²) in [6, 6.07) is 18.1. The standard InChI is InChI=1S/C24H21F2N3O2.ClH/c25-24(26)29-21-12-17(6-7-19(21)20-8-10-27-14-22(20)29)28-11-9-18(13-23(28)30)31-15-16-4-2-1-3-5-16;/h1-7,9,11-13,24,27H,8,10,14-15H2;1H. The van der Waals surface area contributed by atoms with E-state index in [-0.39, 0.29) is 18.0 Å². The maximum atomic E-state index is 13.9. The van der Waals surface area contributed by atoms with Gasteiger partial charge in [-0.05, 0) is 42.3 Å². The van der Waals surface area contributed by atoms with Crippen LogP contribution in [0.1, 0.15) is 23.4 Å². The first-order chi connectivity index (χ1) is 15.1. The zero-order valence-corrected chi connectivity index (χ0v) is 17.9. The lowest BCUT2D eigenvalue weighted by molar-refractivity contribution is 0.0715. The Hall–Kier alpha value is -3.16. The highest BCUT2D eigenvalue weighted by molar-refractivity contribution is 5.87. The van der Waals surface area contributed by atoms with Crippen molar-refractivity contribution in [1.82, 2.24) is 14.5 Å². The molecule has 0 unspecified atom stereocenters. The number of rotatable bonds is 5. The highest BCUT2D eigenvalue weighted by Crippen LogP contribution is 2.33. The third-order valence-electron chi connectivity index (χ3n) is 5.66. The molecule has 8 heteroatoms. The van der Waals surface area contributed by atoms with Gasteiger partial charge in [-0.25, -0.2) is 0 Å². The molecule has 1 aliphatic rings. The Labute approximate surface area is 189 Å². The van der Waals surface area contributed by atoms with Crippen LogP contribution < -0.4 is 15.6 Å². The van der Waals surface area contributed by atoms with Gasteiger partial charge in [0.1, 0.15) is 12.4 Å². The Kier molecular flexibility index (Phi) is 6.30. The minimum Gasteiger partial charge on any atom is -0.489 e. The second-order valence-corrected chi connectivity index (χ2v) is 7.55. The molecule has 0 spiro atoms. The SMILES string of the molecule is Cl.O=c1cc(OCc2ccccc2)ccn1-c1ccc2c3c(n(C(F)F)c2c1)CNCC3. The molecule has 1 N–H and O–H groups in total. The van der Waals surface area contributed by atoms with Gasteiger partial charge in [-0.2, -0.15) is 8.78 Å². The molecule has 2 aromatic heterocycles. The summed E-state index contributed by atoms with van der Waals surface area (Å²) in [6.07, 6.45) is 2.32. The first kappa shape index (κ1) is 22.0. The van der Waals surface area contributed by atoms with E-state index in [2.05, 4.69) is 5.32 Å². The average Bonchev–Trinajstić information content (AvgIpc) is 3.12. The van der Waals surface area contributed by atoms with Crippen molar-refractivity contribution in [3.63, 3.8) is 0 Å². The molecule has 0 saturated heterocycles. The molecule has 2 aromatic carbocycles. The molecule has 3 heterocycles. The van der Waals surface area contributed by atoms with Crippen molar-refractivity contribution in [2.24, 2.45) is 0 Å². The van der Waals surface area contributed by atoms with Crippen LogP contribution in [0.25, 0.3) is 16.6 Å². The Bertz CT molecular complexity index is 1300. The van der Waals surface area contributed by atoms with Crippen LogP contribution in [0.2, 0.25) is 0 Å². The molecule has 5 rings (SSSR count). The Morgan fingerprint density at radius 3 is 2.62 bits per heavy atom. The smallest absolute Gasteiger partial charge is 0.319 e. The average molecular weight is 458 g/mol. The van der Waals surface area contributed by atoms with Gasteiger partial charge in [0.25, 0.3) is 5.56 Å². The van der Waals surface area contributed by atoms with Gasteiger partial charge in [0.05, 0.1) is 11.2 Å². The molecule has 1 aliphatic heterocycles. The summed E-state index contributed by atoms with van der Waals surface area (Å²) in [5.41, 5.74) is 3.27. The molecule has 0 fully saturated rings. The van der Waals surface area contributed by atoms with Crippen LogP contribution in [0.5, 0.6) is 5.75 Å². The predicted molar refractivity (Wildman–Crippen MR) is 122 cm³/mol. The highest BCUT2D eigenvalue weighted by Gasteiger charge is 2.24. The number of hydrogen-bond acceptors (Lipinski definition) is 3. The fourth-order valence-electron chi connectivity index (χ4n) is 4.19. The second kappa shape index (κ2) is 9.14. The van der Waals surface area contributed by atoms with Crippen LogP contribution in [0.15, 0.2) is 71.7 Å². The van der Waals surface area contributed by atoms with Crippen molar-refractivity contribution in [1.29, 1.82) is 0 Å². The lowest BCUT2D eigenvalue weighted by Gasteiger charge is -2.16. The highest BCUT2D eigenvalue weighted by atomic mass is 35.5. The number of halogens is 3. The van der Waals surface area contributed by atoms with Gasteiger partial charge in [0.15, 0.2) is 0 Å². The van der Waals surface area contributed by atoms with Crippen molar-refractivity contribution in [3.8, 4) is 11.4 Å². The third-order valence-corrected chi connectivity index (χ3v) is 5.66. The molecule has 0 atom stereocenters. The maximum absolute atomic E-state index is 13.9.